The van der Waals surface area contributed by atoms with Crippen LogP contribution in [0.2, 0.25) is 0 Å². The summed E-state index contributed by atoms with van der Waals surface area (Å²) in [4.78, 5) is 0. The van der Waals surface area contributed by atoms with Gasteiger partial charge in [0.2, 0.25) is 0 Å². The van der Waals surface area contributed by atoms with Gasteiger partial charge < -0.3 is 5.73 Å². The molecule has 0 amide bonds. The maximum Gasteiger partial charge on any atom is 0.126 e. The fourth-order valence-electron chi connectivity index (χ4n) is 5.46. The maximum absolute atomic E-state index is 13.5. The van der Waals surface area contributed by atoms with Crippen molar-refractivity contribution in [3.63, 3.8) is 0 Å². The number of hydrogen-bond donors (Lipinski definition) is 1. The predicted molar refractivity (Wildman–Crippen MR) is 74.0 cm³/mol. The molecule has 2 N–H and O–H groups in total. The van der Waals surface area contributed by atoms with Crippen LogP contribution in [0.1, 0.15) is 43.2 Å². The van der Waals surface area contributed by atoms with Crippen LogP contribution in [0.4, 0.5) is 4.39 Å². The van der Waals surface area contributed by atoms with Crippen molar-refractivity contribution in [2.45, 2.75) is 44.6 Å². The van der Waals surface area contributed by atoms with Crippen LogP contribution in [-0.4, -0.2) is 0 Å². The zero-order valence-electron chi connectivity index (χ0n) is 11.5. The summed E-state index contributed by atoms with van der Waals surface area (Å²) in [5.74, 6) is 3.13. The molecule has 19 heavy (non-hydrogen) atoms. The lowest BCUT2D eigenvalue weighted by atomic mass is 9.68. The highest BCUT2D eigenvalue weighted by Gasteiger charge is 2.59. The van der Waals surface area contributed by atoms with E-state index in [1.807, 2.05) is 19.1 Å². The van der Waals surface area contributed by atoms with E-state index in [9.17, 15) is 4.39 Å². The highest BCUT2D eigenvalue weighted by atomic mass is 19.1. The maximum atomic E-state index is 13.5. The molecule has 3 fully saturated rings. The minimum Gasteiger partial charge on any atom is -0.321 e. The van der Waals surface area contributed by atoms with E-state index >= 15 is 0 Å². The normalized spacial score (nSPS) is 43.7. The molecule has 0 spiro atoms. The van der Waals surface area contributed by atoms with E-state index in [2.05, 4.69) is 0 Å². The van der Waals surface area contributed by atoms with Crippen LogP contribution >= 0.6 is 0 Å². The van der Waals surface area contributed by atoms with Crippen LogP contribution in [0.25, 0.3) is 0 Å². The first kappa shape index (κ1) is 11.9. The SMILES string of the molecule is Cc1cc(C2(N)CC3CC2C2CCCC32)ccc1F. The molecule has 5 unspecified atom stereocenters. The lowest BCUT2D eigenvalue weighted by Gasteiger charge is -2.40. The molecule has 0 saturated heterocycles. The molecule has 1 aromatic rings. The molecule has 0 radical (unpaired) electrons. The van der Waals surface area contributed by atoms with E-state index in [4.69, 9.17) is 5.73 Å². The topological polar surface area (TPSA) is 26.0 Å². The predicted octanol–water partition coefficient (Wildman–Crippen LogP) is 3.74. The average molecular weight is 259 g/mol. The van der Waals surface area contributed by atoms with Gasteiger partial charge in [-0.3, -0.25) is 0 Å². The Bertz CT molecular complexity index is 526. The van der Waals surface area contributed by atoms with Gasteiger partial charge in [-0.2, -0.15) is 0 Å². The summed E-state index contributed by atoms with van der Waals surface area (Å²) in [5.41, 5.74) is 8.53. The van der Waals surface area contributed by atoms with Crippen molar-refractivity contribution in [3.05, 3.63) is 35.1 Å². The smallest absolute Gasteiger partial charge is 0.126 e. The second-order valence-electron chi connectivity index (χ2n) is 7.07. The van der Waals surface area contributed by atoms with E-state index in [1.165, 1.54) is 31.2 Å². The summed E-state index contributed by atoms with van der Waals surface area (Å²) in [6, 6.07) is 5.50. The minimum atomic E-state index is -0.186. The summed E-state index contributed by atoms with van der Waals surface area (Å²) in [6.45, 7) is 1.84. The summed E-state index contributed by atoms with van der Waals surface area (Å²) in [6.07, 6.45) is 6.60. The Hall–Kier alpha value is -0.890. The Morgan fingerprint density at radius 2 is 2.05 bits per heavy atom. The molecule has 2 heteroatoms. The van der Waals surface area contributed by atoms with Gasteiger partial charge in [0.1, 0.15) is 5.82 Å². The largest absolute Gasteiger partial charge is 0.321 e. The molecule has 1 nitrogen and oxygen atoms in total. The summed E-state index contributed by atoms with van der Waals surface area (Å²) >= 11 is 0. The molecule has 1 aromatic carbocycles. The van der Waals surface area contributed by atoms with Gasteiger partial charge in [0.15, 0.2) is 0 Å². The zero-order chi connectivity index (χ0) is 13.2. The highest BCUT2D eigenvalue weighted by molar-refractivity contribution is 5.33. The van der Waals surface area contributed by atoms with Gasteiger partial charge in [-0.1, -0.05) is 18.6 Å². The van der Waals surface area contributed by atoms with E-state index in [0.717, 1.165) is 29.7 Å². The molecule has 0 aromatic heterocycles. The molecule has 3 aliphatic carbocycles. The van der Waals surface area contributed by atoms with Crippen LogP contribution in [0.5, 0.6) is 0 Å². The summed E-state index contributed by atoms with van der Waals surface area (Å²) in [5, 5.41) is 0. The van der Waals surface area contributed by atoms with Crippen molar-refractivity contribution < 1.29 is 4.39 Å². The second-order valence-corrected chi connectivity index (χ2v) is 7.07. The van der Waals surface area contributed by atoms with Crippen LogP contribution in [0.3, 0.4) is 0 Å². The highest BCUT2D eigenvalue weighted by Crippen LogP contribution is 2.64. The Kier molecular flexibility index (Phi) is 2.39. The average Bonchev–Trinajstić information content (AvgIpc) is 3.03. The Labute approximate surface area is 114 Å². The lowest BCUT2D eigenvalue weighted by Crippen LogP contribution is -2.46. The number of nitrogens with two attached hydrogens (primary N) is 1. The number of fused-ring (bicyclic) bond motifs is 5. The number of aryl methyl sites for hydroxylation is 1. The first-order valence-corrected chi connectivity index (χ1v) is 7.65. The van der Waals surface area contributed by atoms with Gasteiger partial charge in [0, 0.05) is 5.54 Å². The Morgan fingerprint density at radius 3 is 2.84 bits per heavy atom. The Balaban J connectivity index is 1.73. The molecule has 102 valence electrons. The second kappa shape index (κ2) is 3.82. The van der Waals surface area contributed by atoms with E-state index in [1.54, 1.807) is 6.07 Å². The molecular weight excluding hydrogens is 237 g/mol. The van der Waals surface area contributed by atoms with Gasteiger partial charge in [-0.25, -0.2) is 4.39 Å². The van der Waals surface area contributed by atoms with Crippen molar-refractivity contribution in [1.29, 1.82) is 0 Å². The summed E-state index contributed by atoms with van der Waals surface area (Å²) in [7, 11) is 0. The zero-order valence-corrected chi connectivity index (χ0v) is 11.5. The van der Waals surface area contributed by atoms with Crippen molar-refractivity contribution in [3.8, 4) is 0 Å². The molecule has 0 aliphatic heterocycles. The lowest BCUT2D eigenvalue weighted by molar-refractivity contribution is 0.156. The molecule has 2 bridgehead atoms. The van der Waals surface area contributed by atoms with Gasteiger partial charge >= 0.3 is 0 Å². The fourth-order valence-corrected chi connectivity index (χ4v) is 5.46. The van der Waals surface area contributed by atoms with Gasteiger partial charge in [0.05, 0.1) is 0 Å². The standard InChI is InChI=1S/C17H22FN/c1-10-7-12(5-6-16(10)18)17(19)9-11-8-15(17)14-4-2-3-13(11)14/h5-7,11,13-15H,2-4,8-9,19H2,1H3. The number of rotatable bonds is 1. The molecule has 4 rings (SSSR count). The first-order valence-electron chi connectivity index (χ1n) is 7.65. The Morgan fingerprint density at radius 1 is 1.26 bits per heavy atom. The molecule has 5 atom stereocenters. The van der Waals surface area contributed by atoms with Crippen LogP contribution in [0, 0.1) is 36.4 Å². The minimum absolute atomic E-state index is 0.116. The van der Waals surface area contributed by atoms with Crippen molar-refractivity contribution >= 4 is 0 Å². The molecular formula is C17H22FN. The molecule has 3 aliphatic rings. The number of halogens is 1. The molecule has 3 saturated carbocycles. The first-order chi connectivity index (χ1) is 9.09. The van der Waals surface area contributed by atoms with Crippen LogP contribution in [-0.2, 0) is 5.54 Å². The van der Waals surface area contributed by atoms with E-state index < -0.39 is 0 Å². The third-order valence-electron chi connectivity index (χ3n) is 6.26. The van der Waals surface area contributed by atoms with Gasteiger partial charge in [-0.05, 0) is 73.5 Å². The van der Waals surface area contributed by atoms with Gasteiger partial charge in [-0.15, -0.1) is 0 Å². The quantitative estimate of drug-likeness (QED) is 0.816. The monoisotopic (exact) mass is 259 g/mol. The summed E-state index contributed by atoms with van der Waals surface area (Å²) < 4.78 is 13.5. The third-order valence-corrected chi connectivity index (χ3v) is 6.26. The van der Waals surface area contributed by atoms with Crippen LogP contribution in [0.15, 0.2) is 18.2 Å². The van der Waals surface area contributed by atoms with Crippen molar-refractivity contribution in [1.82, 2.24) is 0 Å². The number of benzene rings is 1. The van der Waals surface area contributed by atoms with E-state index in [-0.39, 0.29) is 11.4 Å². The van der Waals surface area contributed by atoms with Gasteiger partial charge in [0.25, 0.3) is 0 Å². The van der Waals surface area contributed by atoms with Crippen molar-refractivity contribution in [2.24, 2.45) is 29.4 Å². The number of hydrogen-bond acceptors (Lipinski definition) is 1. The van der Waals surface area contributed by atoms with Crippen LogP contribution < -0.4 is 5.73 Å². The fraction of sp³-hybridized carbons (Fsp3) is 0.647. The van der Waals surface area contributed by atoms with E-state index in [0.29, 0.717) is 5.92 Å². The molecule has 0 heterocycles. The third kappa shape index (κ3) is 1.50. The van der Waals surface area contributed by atoms with Crippen molar-refractivity contribution in [2.75, 3.05) is 0 Å².